The highest BCUT2D eigenvalue weighted by molar-refractivity contribution is 6.31. The molecule has 0 fully saturated rings. The number of nitrogens with one attached hydrogen (secondary N) is 1. The predicted octanol–water partition coefficient (Wildman–Crippen LogP) is 2.38. The minimum absolute atomic E-state index is 0.0917. The van der Waals surface area contributed by atoms with Crippen molar-refractivity contribution in [1.82, 2.24) is 5.32 Å². The van der Waals surface area contributed by atoms with Crippen molar-refractivity contribution < 1.29 is 15.0 Å². The first-order chi connectivity index (χ1) is 10.1. The topological polar surface area (TPSA) is 69.6 Å². The van der Waals surface area contributed by atoms with E-state index in [1.807, 2.05) is 30.3 Å². The molecule has 5 heteroatoms. The van der Waals surface area contributed by atoms with Gasteiger partial charge in [0.05, 0.1) is 18.2 Å². The molecule has 0 aliphatic carbocycles. The van der Waals surface area contributed by atoms with Gasteiger partial charge in [-0.1, -0.05) is 41.9 Å². The second-order valence-corrected chi connectivity index (χ2v) is 5.14. The second-order valence-electron chi connectivity index (χ2n) is 4.70. The number of amides is 1. The van der Waals surface area contributed by atoms with Crippen molar-refractivity contribution in [2.75, 3.05) is 6.61 Å². The molecule has 2 aromatic carbocycles. The van der Waals surface area contributed by atoms with Crippen LogP contribution in [0.3, 0.4) is 0 Å². The van der Waals surface area contributed by atoms with E-state index in [2.05, 4.69) is 5.32 Å². The summed E-state index contributed by atoms with van der Waals surface area (Å²) in [6.07, 6.45) is 0.504. The Bertz CT molecular complexity index is 616. The van der Waals surface area contributed by atoms with Crippen molar-refractivity contribution >= 4 is 17.5 Å². The summed E-state index contributed by atoms with van der Waals surface area (Å²) in [4.78, 5) is 12.1. The molecule has 0 aromatic heterocycles. The lowest BCUT2D eigenvalue weighted by Gasteiger charge is -2.17. The molecule has 1 amide bonds. The SMILES string of the molecule is O=C(NC(CO)Cc1ccccc1)c1cc(Cl)ccc1O. The van der Waals surface area contributed by atoms with Crippen LogP contribution in [-0.4, -0.2) is 28.8 Å². The quantitative estimate of drug-likeness (QED) is 0.794. The van der Waals surface area contributed by atoms with E-state index in [-0.39, 0.29) is 17.9 Å². The number of hydrogen-bond donors (Lipinski definition) is 3. The van der Waals surface area contributed by atoms with Crippen LogP contribution in [0.1, 0.15) is 15.9 Å². The summed E-state index contributed by atoms with van der Waals surface area (Å²) in [7, 11) is 0. The third-order valence-electron chi connectivity index (χ3n) is 3.08. The van der Waals surface area contributed by atoms with Crippen LogP contribution in [0.25, 0.3) is 0 Å². The molecule has 0 saturated carbocycles. The van der Waals surface area contributed by atoms with Crippen molar-refractivity contribution in [1.29, 1.82) is 0 Å². The summed E-state index contributed by atoms with van der Waals surface area (Å²) in [6.45, 7) is -0.192. The summed E-state index contributed by atoms with van der Waals surface area (Å²) >= 11 is 5.82. The molecule has 4 nitrogen and oxygen atoms in total. The van der Waals surface area contributed by atoms with Crippen molar-refractivity contribution in [3.63, 3.8) is 0 Å². The van der Waals surface area contributed by atoms with E-state index in [1.54, 1.807) is 0 Å². The third kappa shape index (κ3) is 4.21. The van der Waals surface area contributed by atoms with E-state index in [9.17, 15) is 15.0 Å². The van der Waals surface area contributed by atoms with E-state index in [1.165, 1.54) is 18.2 Å². The maximum absolute atomic E-state index is 12.1. The molecule has 0 aliphatic heterocycles. The van der Waals surface area contributed by atoms with Crippen LogP contribution in [0.2, 0.25) is 5.02 Å². The van der Waals surface area contributed by atoms with E-state index in [4.69, 9.17) is 11.6 Å². The monoisotopic (exact) mass is 305 g/mol. The maximum atomic E-state index is 12.1. The second kappa shape index (κ2) is 7.11. The number of phenolic OH excluding ortho intramolecular Hbond substituents is 1. The summed E-state index contributed by atoms with van der Waals surface area (Å²) in [5.74, 6) is -0.613. The molecule has 3 N–H and O–H groups in total. The maximum Gasteiger partial charge on any atom is 0.255 e. The fraction of sp³-hybridized carbons (Fsp3) is 0.188. The van der Waals surface area contributed by atoms with Crippen LogP contribution in [0, 0.1) is 0 Å². The van der Waals surface area contributed by atoms with E-state index in [0.717, 1.165) is 5.56 Å². The first-order valence-electron chi connectivity index (χ1n) is 6.54. The molecule has 0 bridgehead atoms. The lowest BCUT2D eigenvalue weighted by Crippen LogP contribution is -2.39. The van der Waals surface area contributed by atoms with Crippen molar-refractivity contribution in [2.24, 2.45) is 0 Å². The Morgan fingerprint density at radius 1 is 1.19 bits per heavy atom. The average Bonchev–Trinajstić information content (AvgIpc) is 2.50. The van der Waals surface area contributed by atoms with Gasteiger partial charge in [-0.25, -0.2) is 0 Å². The van der Waals surface area contributed by atoms with Crippen LogP contribution in [0.5, 0.6) is 5.75 Å². The molecule has 1 atom stereocenters. The summed E-state index contributed by atoms with van der Waals surface area (Å²) in [6, 6.07) is 13.4. The number of benzene rings is 2. The number of aliphatic hydroxyl groups is 1. The first-order valence-corrected chi connectivity index (χ1v) is 6.92. The van der Waals surface area contributed by atoms with Crippen molar-refractivity contribution in [2.45, 2.75) is 12.5 Å². The van der Waals surface area contributed by atoms with Crippen molar-refractivity contribution in [3.05, 3.63) is 64.7 Å². The van der Waals surface area contributed by atoms with Gasteiger partial charge in [0.25, 0.3) is 5.91 Å². The van der Waals surface area contributed by atoms with Gasteiger partial charge in [0, 0.05) is 5.02 Å². The van der Waals surface area contributed by atoms with Crippen molar-refractivity contribution in [3.8, 4) is 5.75 Å². The number of carbonyl (C=O) groups is 1. The normalized spacial score (nSPS) is 11.9. The Kier molecular flexibility index (Phi) is 5.20. The van der Waals surface area contributed by atoms with Gasteiger partial charge in [-0.15, -0.1) is 0 Å². The van der Waals surface area contributed by atoms with Crippen LogP contribution >= 0.6 is 11.6 Å². The molecule has 0 spiro atoms. The zero-order chi connectivity index (χ0) is 15.2. The highest BCUT2D eigenvalue weighted by atomic mass is 35.5. The zero-order valence-electron chi connectivity index (χ0n) is 11.3. The van der Waals surface area contributed by atoms with E-state index >= 15 is 0 Å². The Morgan fingerprint density at radius 2 is 1.90 bits per heavy atom. The largest absolute Gasteiger partial charge is 0.507 e. The number of phenols is 1. The Labute approximate surface area is 128 Å². The molecule has 0 aliphatic rings. The van der Waals surface area contributed by atoms with Crippen LogP contribution in [0.4, 0.5) is 0 Å². The minimum Gasteiger partial charge on any atom is -0.507 e. The Hall–Kier alpha value is -2.04. The number of hydrogen-bond acceptors (Lipinski definition) is 3. The molecule has 21 heavy (non-hydrogen) atoms. The number of aromatic hydroxyl groups is 1. The minimum atomic E-state index is -0.468. The fourth-order valence-electron chi connectivity index (χ4n) is 2.01. The highest BCUT2D eigenvalue weighted by Crippen LogP contribution is 2.21. The molecular formula is C16H16ClNO3. The molecule has 110 valence electrons. The van der Waals surface area contributed by atoms with Gasteiger partial charge in [0.1, 0.15) is 5.75 Å². The van der Waals surface area contributed by atoms with Crippen LogP contribution in [0.15, 0.2) is 48.5 Å². The van der Waals surface area contributed by atoms with Gasteiger partial charge in [-0.3, -0.25) is 4.79 Å². The van der Waals surface area contributed by atoms with Gasteiger partial charge in [-0.05, 0) is 30.2 Å². The molecular weight excluding hydrogens is 290 g/mol. The smallest absolute Gasteiger partial charge is 0.255 e. The molecule has 1 unspecified atom stereocenters. The van der Waals surface area contributed by atoms with Gasteiger partial charge in [0.15, 0.2) is 0 Å². The molecule has 0 heterocycles. The highest BCUT2D eigenvalue weighted by Gasteiger charge is 2.16. The van der Waals surface area contributed by atoms with Gasteiger partial charge in [0.2, 0.25) is 0 Å². The number of rotatable bonds is 5. The summed E-state index contributed by atoms with van der Waals surface area (Å²) in [5, 5.41) is 22.2. The number of aliphatic hydroxyl groups excluding tert-OH is 1. The van der Waals surface area contributed by atoms with E-state index in [0.29, 0.717) is 11.4 Å². The fourth-order valence-corrected chi connectivity index (χ4v) is 2.19. The standard InChI is InChI=1S/C16H16ClNO3/c17-12-6-7-15(20)14(9-12)16(21)18-13(10-19)8-11-4-2-1-3-5-11/h1-7,9,13,19-20H,8,10H2,(H,18,21). The van der Waals surface area contributed by atoms with Gasteiger partial charge >= 0.3 is 0 Å². The molecule has 0 radical (unpaired) electrons. The first kappa shape index (κ1) is 15.4. The summed E-state index contributed by atoms with van der Waals surface area (Å²) in [5.41, 5.74) is 1.10. The molecule has 2 aromatic rings. The number of carbonyl (C=O) groups excluding carboxylic acids is 1. The molecule has 2 rings (SSSR count). The summed E-state index contributed by atoms with van der Waals surface area (Å²) < 4.78 is 0. The van der Waals surface area contributed by atoms with Gasteiger partial charge < -0.3 is 15.5 Å². The zero-order valence-corrected chi connectivity index (χ0v) is 12.0. The molecule has 0 saturated heterocycles. The Balaban J connectivity index is 2.07. The number of halogens is 1. The van der Waals surface area contributed by atoms with Crippen LogP contribution in [-0.2, 0) is 6.42 Å². The third-order valence-corrected chi connectivity index (χ3v) is 3.32. The average molecular weight is 306 g/mol. The van der Waals surface area contributed by atoms with E-state index < -0.39 is 11.9 Å². The van der Waals surface area contributed by atoms with Gasteiger partial charge in [-0.2, -0.15) is 0 Å². The van der Waals surface area contributed by atoms with Crippen LogP contribution < -0.4 is 5.32 Å². The lowest BCUT2D eigenvalue weighted by molar-refractivity contribution is 0.0914. The Morgan fingerprint density at radius 3 is 2.57 bits per heavy atom. The predicted molar refractivity (Wildman–Crippen MR) is 81.6 cm³/mol. The lowest BCUT2D eigenvalue weighted by atomic mass is 10.1.